The van der Waals surface area contributed by atoms with E-state index in [-0.39, 0.29) is 17.9 Å². The first-order chi connectivity index (χ1) is 12.0. The molecule has 0 aliphatic rings. The van der Waals surface area contributed by atoms with Crippen LogP contribution in [0.3, 0.4) is 0 Å². The molecule has 132 valence electrons. The van der Waals surface area contributed by atoms with Gasteiger partial charge in [-0.2, -0.15) is 0 Å². The lowest BCUT2D eigenvalue weighted by atomic mass is 10.1. The molecule has 1 amide bonds. The topological polar surface area (TPSA) is 88.4 Å². The highest BCUT2D eigenvalue weighted by Gasteiger charge is 2.21. The standard InChI is InChI=1S/C19H22N2O4/c1-14-10-12-21(17(23)13-14)11-6-5-9-16(22)20-18(19(24)25)15-7-3-2-4-8-15/h2-4,7-8,10,12-13,18H,5-6,9,11H2,1H3,(H,20,22)(H,24,25). The summed E-state index contributed by atoms with van der Waals surface area (Å²) in [6.45, 7) is 2.40. The van der Waals surface area contributed by atoms with E-state index in [4.69, 9.17) is 0 Å². The van der Waals surface area contributed by atoms with Gasteiger partial charge in [-0.1, -0.05) is 30.3 Å². The van der Waals surface area contributed by atoms with Gasteiger partial charge in [-0.25, -0.2) is 4.79 Å². The molecule has 1 heterocycles. The van der Waals surface area contributed by atoms with Gasteiger partial charge in [-0.05, 0) is 37.0 Å². The molecule has 1 aromatic carbocycles. The minimum absolute atomic E-state index is 0.0560. The molecule has 0 saturated heterocycles. The van der Waals surface area contributed by atoms with Crippen LogP contribution in [-0.2, 0) is 16.1 Å². The van der Waals surface area contributed by atoms with Crippen LogP contribution in [0.4, 0.5) is 0 Å². The third-order valence-electron chi connectivity index (χ3n) is 3.89. The van der Waals surface area contributed by atoms with Gasteiger partial charge in [0.15, 0.2) is 6.04 Å². The van der Waals surface area contributed by atoms with Gasteiger partial charge in [-0.3, -0.25) is 9.59 Å². The van der Waals surface area contributed by atoms with Gasteiger partial charge < -0.3 is 15.0 Å². The van der Waals surface area contributed by atoms with Gasteiger partial charge in [0.25, 0.3) is 5.56 Å². The maximum Gasteiger partial charge on any atom is 0.330 e. The maximum atomic E-state index is 12.0. The van der Waals surface area contributed by atoms with Gasteiger partial charge in [-0.15, -0.1) is 0 Å². The van der Waals surface area contributed by atoms with Crippen molar-refractivity contribution in [1.82, 2.24) is 9.88 Å². The van der Waals surface area contributed by atoms with Crippen LogP contribution in [0, 0.1) is 6.92 Å². The number of aliphatic carboxylic acids is 1. The largest absolute Gasteiger partial charge is 0.479 e. The summed E-state index contributed by atoms with van der Waals surface area (Å²) in [6, 6.07) is 11.0. The van der Waals surface area contributed by atoms with Crippen molar-refractivity contribution >= 4 is 11.9 Å². The lowest BCUT2D eigenvalue weighted by molar-refractivity contribution is -0.142. The molecule has 0 aliphatic carbocycles. The Morgan fingerprint density at radius 2 is 1.88 bits per heavy atom. The van der Waals surface area contributed by atoms with E-state index in [1.165, 1.54) is 0 Å². The molecule has 25 heavy (non-hydrogen) atoms. The molecule has 6 nitrogen and oxygen atoms in total. The number of nitrogens with one attached hydrogen (secondary N) is 1. The van der Waals surface area contributed by atoms with E-state index < -0.39 is 12.0 Å². The lowest BCUT2D eigenvalue weighted by Gasteiger charge is -2.15. The van der Waals surface area contributed by atoms with Gasteiger partial charge in [0.1, 0.15) is 0 Å². The van der Waals surface area contributed by atoms with E-state index in [9.17, 15) is 19.5 Å². The molecule has 0 spiro atoms. The average molecular weight is 342 g/mol. The first kappa shape index (κ1) is 18.4. The molecule has 0 saturated carbocycles. The van der Waals surface area contributed by atoms with Crippen LogP contribution in [0.2, 0.25) is 0 Å². The number of aromatic nitrogens is 1. The zero-order valence-electron chi connectivity index (χ0n) is 14.1. The molecular formula is C19H22N2O4. The minimum atomic E-state index is -1.09. The molecule has 1 aromatic heterocycles. The number of unbranched alkanes of at least 4 members (excludes halogenated alkanes) is 1. The first-order valence-corrected chi connectivity index (χ1v) is 8.21. The molecular weight excluding hydrogens is 320 g/mol. The van der Waals surface area contributed by atoms with E-state index in [0.29, 0.717) is 24.9 Å². The number of benzene rings is 1. The number of hydrogen-bond acceptors (Lipinski definition) is 3. The molecule has 6 heteroatoms. The summed E-state index contributed by atoms with van der Waals surface area (Å²) in [5, 5.41) is 11.8. The zero-order chi connectivity index (χ0) is 18.2. The van der Waals surface area contributed by atoms with Gasteiger partial charge in [0.05, 0.1) is 0 Å². The number of carbonyl (C=O) groups excluding carboxylic acids is 1. The second kappa shape index (κ2) is 8.82. The van der Waals surface area contributed by atoms with E-state index >= 15 is 0 Å². The second-order valence-electron chi connectivity index (χ2n) is 5.94. The fraction of sp³-hybridized carbons (Fsp3) is 0.316. The quantitative estimate of drug-likeness (QED) is 0.720. The van der Waals surface area contributed by atoms with Crippen LogP contribution in [-0.4, -0.2) is 21.6 Å². The normalized spacial score (nSPS) is 11.7. The summed E-state index contributed by atoms with van der Waals surface area (Å²) in [5.41, 5.74) is 1.40. The van der Waals surface area contributed by atoms with Gasteiger partial charge in [0.2, 0.25) is 5.91 Å². The number of pyridine rings is 1. The van der Waals surface area contributed by atoms with E-state index in [1.807, 2.05) is 13.0 Å². The summed E-state index contributed by atoms with van der Waals surface area (Å²) in [4.78, 5) is 35.1. The highest BCUT2D eigenvalue weighted by atomic mass is 16.4. The second-order valence-corrected chi connectivity index (χ2v) is 5.94. The number of aryl methyl sites for hydroxylation is 2. The van der Waals surface area contributed by atoms with E-state index in [1.54, 1.807) is 47.2 Å². The van der Waals surface area contributed by atoms with Crippen molar-refractivity contribution in [2.45, 2.75) is 38.8 Å². The van der Waals surface area contributed by atoms with Crippen LogP contribution in [0.25, 0.3) is 0 Å². The van der Waals surface area contributed by atoms with Crippen molar-refractivity contribution in [3.05, 3.63) is 70.1 Å². The number of carboxylic acids is 1. The number of nitrogens with zero attached hydrogens (tertiary/aromatic N) is 1. The Bertz CT molecular complexity index is 784. The summed E-state index contributed by atoms with van der Waals surface area (Å²) < 4.78 is 1.61. The third-order valence-corrected chi connectivity index (χ3v) is 3.89. The van der Waals surface area contributed by atoms with Crippen LogP contribution in [0.5, 0.6) is 0 Å². The van der Waals surface area contributed by atoms with Gasteiger partial charge >= 0.3 is 5.97 Å². The van der Waals surface area contributed by atoms with Crippen LogP contribution in [0.1, 0.15) is 36.4 Å². The molecule has 0 bridgehead atoms. The highest BCUT2D eigenvalue weighted by molar-refractivity contribution is 5.84. The van der Waals surface area contributed by atoms with Crippen LogP contribution >= 0.6 is 0 Å². The Kier molecular flexibility index (Phi) is 6.51. The number of rotatable bonds is 8. The van der Waals surface area contributed by atoms with E-state index in [2.05, 4.69) is 5.32 Å². The Balaban J connectivity index is 1.81. The van der Waals surface area contributed by atoms with Crippen molar-refractivity contribution in [3.63, 3.8) is 0 Å². The Labute approximate surface area is 146 Å². The van der Waals surface area contributed by atoms with E-state index in [0.717, 1.165) is 5.56 Å². The molecule has 2 rings (SSSR count). The fourth-order valence-electron chi connectivity index (χ4n) is 2.53. The fourth-order valence-corrected chi connectivity index (χ4v) is 2.53. The molecule has 0 aliphatic heterocycles. The Hall–Kier alpha value is -2.89. The van der Waals surface area contributed by atoms with Crippen molar-refractivity contribution in [2.75, 3.05) is 0 Å². The van der Waals surface area contributed by atoms with Crippen molar-refractivity contribution in [3.8, 4) is 0 Å². The molecule has 0 radical (unpaired) electrons. The van der Waals surface area contributed by atoms with Gasteiger partial charge in [0, 0.05) is 25.2 Å². The molecule has 1 unspecified atom stereocenters. The SMILES string of the molecule is Cc1ccn(CCCCC(=O)NC(C(=O)O)c2ccccc2)c(=O)c1. The number of carbonyl (C=O) groups is 2. The predicted octanol–water partition coefficient (Wildman–Crippen LogP) is 2.27. The summed E-state index contributed by atoms with van der Waals surface area (Å²) in [7, 11) is 0. The number of amides is 1. The highest BCUT2D eigenvalue weighted by Crippen LogP contribution is 2.13. The Morgan fingerprint density at radius 3 is 2.52 bits per heavy atom. The van der Waals surface area contributed by atoms with Crippen molar-refractivity contribution < 1.29 is 14.7 Å². The molecule has 2 aromatic rings. The number of carboxylic acid groups (broad SMARTS) is 1. The third kappa shape index (κ3) is 5.60. The predicted molar refractivity (Wildman–Crippen MR) is 94.3 cm³/mol. The van der Waals surface area contributed by atoms with Crippen molar-refractivity contribution in [1.29, 1.82) is 0 Å². The Morgan fingerprint density at radius 1 is 1.16 bits per heavy atom. The van der Waals surface area contributed by atoms with Crippen LogP contribution < -0.4 is 10.9 Å². The smallest absolute Gasteiger partial charge is 0.330 e. The van der Waals surface area contributed by atoms with Crippen LogP contribution in [0.15, 0.2) is 53.5 Å². The molecule has 2 N–H and O–H groups in total. The zero-order valence-corrected chi connectivity index (χ0v) is 14.1. The number of hydrogen-bond donors (Lipinski definition) is 2. The minimum Gasteiger partial charge on any atom is -0.479 e. The van der Waals surface area contributed by atoms with Crippen molar-refractivity contribution in [2.24, 2.45) is 0 Å². The molecule has 0 fully saturated rings. The first-order valence-electron chi connectivity index (χ1n) is 8.21. The lowest BCUT2D eigenvalue weighted by Crippen LogP contribution is -2.33. The monoisotopic (exact) mass is 342 g/mol. The summed E-state index contributed by atoms with van der Waals surface area (Å²) in [5.74, 6) is -1.40. The molecule has 1 atom stereocenters. The summed E-state index contributed by atoms with van der Waals surface area (Å²) >= 11 is 0. The maximum absolute atomic E-state index is 12.0. The summed E-state index contributed by atoms with van der Waals surface area (Å²) in [6.07, 6.45) is 3.21. The average Bonchev–Trinajstić information content (AvgIpc) is 2.58.